The molecule has 37 heavy (non-hydrogen) atoms. The third-order valence-electron chi connectivity index (χ3n) is 7.74. The Kier molecular flexibility index (Phi) is 7.78. The van der Waals surface area contributed by atoms with E-state index in [1.54, 1.807) is 24.3 Å². The lowest BCUT2D eigenvalue weighted by Gasteiger charge is -2.36. The van der Waals surface area contributed by atoms with E-state index in [0.29, 0.717) is 23.7 Å². The van der Waals surface area contributed by atoms with Crippen molar-refractivity contribution in [1.82, 2.24) is 5.32 Å². The van der Waals surface area contributed by atoms with Gasteiger partial charge in [0, 0.05) is 18.2 Å². The van der Waals surface area contributed by atoms with E-state index in [2.05, 4.69) is 38.0 Å². The number of fused-ring (bicyclic) bond motifs is 1. The number of hydrogen-bond acceptors (Lipinski definition) is 4. The van der Waals surface area contributed by atoms with Crippen molar-refractivity contribution in [2.45, 2.75) is 63.8 Å². The Labute approximate surface area is 220 Å². The monoisotopic (exact) mass is 523 g/mol. The molecule has 198 valence electrons. The summed E-state index contributed by atoms with van der Waals surface area (Å²) in [6.07, 6.45) is 5.51. The average Bonchev–Trinajstić information content (AvgIpc) is 2.88. The van der Waals surface area contributed by atoms with E-state index in [1.165, 1.54) is 22.5 Å². The number of rotatable bonds is 6. The molecule has 0 bridgehead atoms. The molecule has 2 aromatic rings. The van der Waals surface area contributed by atoms with Gasteiger partial charge in [0.15, 0.2) is 0 Å². The topological polar surface area (TPSA) is 95.6 Å². The summed E-state index contributed by atoms with van der Waals surface area (Å²) >= 11 is 0. The van der Waals surface area contributed by atoms with Gasteiger partial charge >= 0.3 is 0 Å². The Bertz CT molecular complexity index is 1260. The molecule has 1 aliphatic heterocycles. The van der Waals surface area contributed by atoms with Gasteiger partial charge in [-0.3, -0.25) is 13.9 Å². The van der Waals surface area contributed by atoms with Crippen molar-refractivity contribution in [1.29, 1.82) is 0 Å². The van der Waals surface area contributed by atoms with Crippen molar-refractivity contribution < 1.29 is 18.0 Å². The number of nitrogens with zero attached hydrogens (tertiary/aromatic N) is 1. The van der Waals surface area contributed by atoms with Crippen LogP contribution < -0.4 is 14.9 Å². The van der Waals surface area contributed by atoms with Gasteiger partial charge in [0.2, 0.25) is 11.8 Å². The van der Waals surface area contributed by atoms with Crippen LogP contribution in [0.5, 0.6) is 0 Å². The van der Waals surface area contributed by atoms with Crippen molar-refractivity contribution in [3.8, 4) is 0 Å². The summed E-state index contributed by atoms with van der Waals surface area (Å²) in [7, 11) is -3.83. The average molecular weight is 524 g/mol. The first-order valence-electron chi connectivity index (χ1n) is 13.0. The van der Waals surface area contributed by atoms with E-state index in [-0.39, 0.29) is 40.6 Å². The van der Waals surface area contributed by atoms with Crippen LogP contribution in [-0.2, 0) is 19.6 Å². The minimum absolute atomic E-state index is 0.000498. The summed E-state index contributed by atoms with van der Waals surface area (Å²) in [4.78, 5) is 24.9. The summed E-state index contributed by atoms with van der Waals surface area (Å²) in [5.41, 5.74) is 2.15. The molecule has 0 aromatic heterocycles. The predicted octanol–water partition coefficient (Wildman–Crippen LogP) is 5.42. The number of para-hydroxylation sites is 1. The highest BCUT2D eigenvalue weighted by molar-refractivity contribution is 7.92. The molecule has 2 aromatic carbocycles. The lowest BCUT2D eigenvalue weighted by molar-refractivity contribution is -0.121. The predicted molar refractivity (Wildman–Crippen MR) is 147 cm³/mol. The van der Waals surface area contributed by atoms with Crippen LogP contribution in [-0.4, -0.2) is 26.8 Å². The van der Waals surface area contributed by atoms with E-state index in [4.69, 9.17) is 0 Å². The van der Waals surface area contributed by atoms with Crippen LogP contribution in [0.4, 0.5) is 11.4 Å². The fourth-order valence-electron chi connectivity index (χ4n) is 5.47. The summed E-state index contributed by atoms with van der Waals surface area (Å²) in [6, 6.07) is 13.3. The lowest BCUT2D eigenvalue weighted by Crippen LogP contribution is -2.40. The SMILES string of the molecule is C=CC(=O)NC1CCN(S(=O)(=O)c2ccc(NC(=O)C3CCC(C(C)(C)C)CC3)cc2)c2ccccc21. The molecule has 1 heterocycles. The van der Waals surface area contributed by atoms with Crippen LogP contribution in [0.1, 0.15) is 64.5 Å². The molecule has 0 saturated heterocycles. The molecule has 1 atom stereocenters. The minimum Gasteiger partial charge on any atom is -0.346 e. The molecule has 8 heteroatoms. The highest BCUT2D eigenvalue weighted by Gasteiger charge is 2.34. The minimum atomic E-state index is -3.83. The zero-order chi connectivity index (χ0) is 26.8. The first-order chi connectivity index (χ1) is 17.5. The van der Waals surface area contributed by atoms with Gasteiger partial charge in [-0.05, 0) is 85.4 Å². The van der Waals surface area contributed by atoms with Crippen molar-refractivity contribution >= 4 is 33.2 Å². The van der Waals surface area contributed by atoms with E-state index >= 15 is 0 Å². The molecule has 0 spiro atoms. The maximum atomic E-state index is 13.6. The molecule has 2 amide bonds. The number of sulfonamides is 1. The van der Waals surface area contributed by atoms with Crippen LogP contribution in [0.15, 0.2) is 66.1 Å². The first kappa shape index (κ1) is 26.9. The quantitative estimate of drug-likeness (QED) is 0.494. The van der Waals surface area contributed by atoms with Crippen LogP contribution in [0.25, 0.3) is 0 Å². The number of carbonyl (C=O) groups is 2. The van der Waals surface area contributed by atoms with Crippen LogP contribution in [0.2, 0.25) is 0 Å². The Hall–Kier alpha value is -3.13. The van der Waals surface area contributed by atoms with Gasteiger partial charge in [-0.2, -0.15) is 0 Å². The molecule has 4 rings (SSSR count). The van der Waals surface area contributed by atoms with Gasteiger partial charge in [0.1, 0.15) is 0 Å². The molecule has 2 aliphatic rings. The number of amides is 2. The summed E-state index contributed by atoms with van der Waals surface area (Å²) in [6.45, 7) is 10.5. The number of benzene rings is 2. The Morgan fingerprint density at radius 2 is 1.62 bits per heavy atom. The van der Waals surface area contributed by atoms with E-state index in [1.807, 2.05) is 12.1 Å². The van der Waals surface area contributed by atoms with Crippen molar-refractivity contribution in [2.24, 2.45) is 17.3 Å². The highest BCUT2D eigenvalue weighted by Crippen LogP contribution is 2.40. The Balaban J connectivity index is 1.45. The summed E-state index contributed by atoms with van der Waals surface area (Å²) < 4.78 is 28.5. The lowest BCUT2D eigenvalue weighted by atomic mass is 9.69. The molecule has 1 saturated carbocycles. The second-order valence-corrected chi connectivity index (χ2v) is 13.0. The second-order valence-electron chi connectivity index (χ2n) is 11.1. The molecule has 2 N–H and O–H groups in total. The fraction of sp³-hybridized carbons (Fsp3) is 0.448. The smallest absolute Gasteiger partial charge is 0.264 e. The van der Waals surface area contributed by atoms with Crippen LogP contribution >= 0.6 is 0 Å². The van der Waals surface area contributed by atoms with E-state index < -0.39 is 10.0 Å². The maximum absolute atomic E-state index is 13.6. The van der Waals surface area contributed by atoms with Crippen molar-refractivity contribution in [2.75, 3.05) is 16.2 Å². The summed E-state index contributed by atoms with van der Waals surface area (Å²) in [5, 5.41) is 5.85. The molecule has 1 unspecified atom stereocenters. The van der Waals surface area contributed by atoms with Gasteiger partial charge in [-0.15, -0.1) is 0 Å². The Morgan fingerprint density at radius 1 is 0.973 bits per heavy atom. The largest absolute Gasteiger partial charge is 0.346 e. The normalized spacial score (nSPS) is 22.0. The molecule has 7 nitrogen and oxygen atoms in total. The van der Waals surface area contributed by atoms with E-state index in [9.17, 15) is 18.0 Å². The Morgan fingerprint density at radius 3 is 2.24 bits per heavy atom. The molecular formula is C29H37N3O4S. The summed E-state index contributed by atoms with van der Waals surface area (Å²) in [5.74, 6) is 0.326. The van der Waals surface area contributed by atoms with Gasteiger partial charge in [-0.25, -0.2) is 8.42 Å². The fourth-order valence-corrected chi connectivity index (χ4v) is 6.97. The first-order valence-corrected chi connectivity index (χ1v) is 14.4. The number of hydrogen-bond donors (Lipinski definition) is 2. The van der Waals surface area contributed by atoms with Gasteiger partial charge in [0.05, 0.1) is 16.6 Å². The van der Waals surface area contributed by atoms with Crippen molar-refractivity contribution in [3.63, 3.8) is 0 Å². The molecule has 0 radical (unpaired) electrons. The van der Waals surface area contributed by atoms with Gasteiger partial charge < -0.3 is 10.6 Å². The van der Waals surface area contributed by atoms with Crippen LogP contribution in [0.3, 0.4) is 0 Å². The number of anilines is 2. The number of nitrogens with one attached hydrogen (secondary N) is 2. The van der Waals surface area contributed by atoms with E-state index in [0.717, 1.165) is 31.2 Å². The molecular weight excluding hydrogens is 486 g/mol. The second kappa shape index (κ2) is 10.7. The maximum Gasteiger partial charge on any atom is 0.264 e. The van der Waals surface area contributed by atoms with Gasteiger partial charge in [-0.1, -0.05) is 45.5 Å². The third kappa shape index (κ3) is 5.90. The zero-order valence-electron chi connectivity index (χ0n) is 21.9. The third-order valence-corrected chi connectivity index (χ3v) is 9.56. The number of carbonyl (C=O) groups excluding carboxylic acids is 2. The zero-order valence-corrected chi connectivity index (χ0v) is 22.7. The highest BCUT2D eigenvalue weighted by atomic mass is 32.2. The molecule has 1 fully saturated rings. The van der Waals surface area contributed by atoms with Crippen LogP contribution in [0, 0.1) is 17.3 Å². The molecule has 1 aliphatic carbocycles. The standard InChI is InChI=1S/C29H37N3O4S/c1-5-27(33)31-25-18-19-32(26-9-7-6-8-24(25)26)37(35,36)23-16-14-22(15-17-23)30-28(34)20-10-12-21(13-11-20)29(2,3)4/h5-9,14-17,20-21,25H,1,10-13,18-19H2,2-4H3,(H,30,34)(H,31,33). The van der Waals surface area contributed by atoms with Crippen molar-refractivity contribution in [3.05, 3.63) is 66.7 Å². The van der Waals surface area contributed by atoms with Gasteiger partial charge in [0.25, 0.3) is 10.0 Å².